The Morgan fingerprint density at radius 1 is 1.32 bits per heavy atom. The van der Waals surface area contributed by atoms with Crippen LogP contribution in [0.4, 0.5) is 5.69 Å². The second-order valence-corrected chi connectivity index (χ2v) is 5.76. The van der Waals surface area contributed by atoms with Crippen molar-refractivity contribution < 1.29 is 4.74 Å². The number of anilines is 1. The fourth-order valence-corrected chi connectivity index (χ4v) is 2.72. The molecule has 3 heteroatoms. The number of para-hydroxylation sites is 1. The Balaban J connectivity index is 1.73. The lowest BCUT2D eigenvalue weighted by atomic mass is 10.1. The van der Waals surface area contributed by atoms with Crippen LogP contribution in [0, 0.1) is 0 Å². The SMILES string of the molecule is CC1CN(c2ccccc2CNC2CC2)CCCO1. The zero-order valence-electron chi connectivity index (χ0n) is 11.8. The zero-order chi connectivity index (χ0) is 13.1. The molecule has 0 radical (unpaired) electrons. The Labute approximate surface area is 115 Å². The molecule has 3 nitrogen and oxygen atoms in total. The van der Waals surface area contributed by atoms with Gasteiger partial charge in [0.2, 0.25) is 0 Å². The summed E-state index contributed by atoms with van der Waals surface area (Å²) in [5.41, 5.74) is 2.80. The molecular formula is C16H24N2O. The molecule has 2 fully saturated rings. The van der Waals surface area contributed by atoms with Gasteiger partial charge in [0.05, 0.1) is 6.10 Å². The molecule has 1 aromatic carbocycles. The molecule has 104 valence electrons. The van der Waals surface area contributed by atoms with Gasteiger partial charge in [-0.2, -0.15) is 0 Å². The van der Waals surface area contributed by atoms with E-state index in [2.05, 4.69) is 41.4 Å². The van der Waals surface area contributed by atoms with Gasteiger partial charge in [0, 0.05) is 38.0 Å². The van der Waals surface area contributed by atoms with Gasteiger partial charge in [0.25, 0.3) is 0 Å². The van der Waals surface area contributed by atoms with Crippen LogP contribution in [0.5, 0.6) is 0 Å². The van der Waals surface area contributed by atoms with Crippen LogP contribution >= 0.6 is 0 Å². The van der Waals surface area contributed by atoms with Crippen LogP contribution in [0.1, 0.15) is 31.7 Å². The van der Waals surface area contributed by atoms with Gasteiger partial charge in [-0.15, -0.1) is 0 Å². The van der Waals surface area contributed by atoms with Crippen LogP contribution in [0.15, 0.2) is 24.3 Å². The summed E-state index contributed by atoms with van der Waals surface area (Å²) < 4.78 is 5.75. The zero-order valence-corrected chi connectivity index (χ0v) is 11.8. The van der Waals surface area contributed by atoms with Crippen molar-refractivity contribution in [3.63, 3.8) is 0 Å². The molecule has 1 aliphatic heterocycles. The van der Waals surface area contributed by atoms with Crippen LogP contribution in [-0.4, -0.2) is 31.8 Å². The van der Waals surface area contributed by atoms with Gasteiger partial charge in [0.1, 0.15) is 0 Å². The highest BCUT2D eigenvalue weighted by Gasteiger charge is 2.22. The summed E-state index contributed by atoms with van der Waals surface area (Å²) in [6.45, 7) is 6.15. The van der Waals surface area contributed by atoms with Crippen molar-refractivity contribution in [1.82, 2.24) is 5.32 Å². The van der Waals surface area contributed by atoms with Gasteiger partial charge in [0.15, 0.2) is 0 Å². The average molecular weight is 260 g/mol. The fourth-order valence-electron chi connectivity index (χ4n) is 2.72. The summed E-state index contributed by atoms with van der Waals surface area (Å²) in [5, 5.41) is 3.62. The Kier molecular flexibility index (Phi) is 4.04. The van der Waals surface area contributed by atoms with E-state index in [4.69, 9.17) is 4.74 Å². The minimum absolute atomic E-state index is 0.326. The average Bonchev–Trinajstić information content (AvgIpc) is 3.24. The van der Waals surface area contributed by atoms with Crippen LogP contribution in [0.3, 0.4) is 0 Å². The fraction of sp³-hybridized carbons (Fsp3) is 0.625. The highest BCUT2D eigenvalue weighted by Crippen LogP contribution is 2.25. The minimum atomic E-state index is 0.326. The molecule has 1 N–H and O–H groups in total. The molecule has 0 aromatic heterocycles. The maximum Gasteiger partial charge on any atom is 0.0721 e. The molecule has 1 heterocycles. The molecule has 0 bridgehead atoms. The number of hydrogen-bond acceptors (Lipinski definition) is 3. The normalized spacial score (nSPS) is 24.3. The van der Waals surface area contributed by atoms with Crippen LogP contribution in [-0.2, 0) is 11.3 Å². The van der Waals surface area contributed by atoms with E-state index in [1.807, 2.05) is 0 Å². The summed E-state index contributed by atoms with van der Waals surface area (Å²) in [5.74, 6) is 0. The number of benzene rings is 1. The molecule has 1 atom stereocenters. The number of hydrogen-bond donors (Lipinski definition) is 1. The molecule has 1 saturated heterocycles. The van der Waals surface area contributed by atoms with E-state index in [-0.39, 0.29) is 0 Å². The lowest BCUT2D eigenvalue weighted by Gasteiger charge is -2.27. The first-order valence-corrected chi connectivity index (χ1v) is 7.51. The van der Waals surface area contributed by atoms with E-state index in [0.29, 0.717) is 6.10 Å². The Bertz CT molecular complexity index is 417. The third-order valence-electron chi connectivity index (χ3n) is 3.94. The molecule has 0 spiro atoms. The molecule has 1 saturated carbocycles. The van der Waals surface area contributed by atoms with Crippen molar-refractivity contribution >= 4 is 5.69 Å². The van der Waals surface area contributed by atoms with Crippen LogP contribution in [0.2, 0.25) is 0 Å². The third-order valence-corrected chi connectivity index (χ3v) is 3.94. The molecule has 2 aliphatic rings. The molecular weight excluding hydrogens is 236 g/mol. The molecule has 1 unspecified atom stereocenters. The molecule has 1 aromatic rings. The summed E-state index contributed by atoms with van der Waals surface area (Å²) in [6, 6.07) is 9.56. The van der Waals surface area contributed by atoms with Crippen molar-refractivity contribution in [2.45, 2.75) is 44.9 Å². The van der Waals surface area contributed by atoms with E-state index in [0.717, 1.165) is 38.7 Å². The maximum absolute atomic E-state index is 5.75. The van der Waals surface area contributed by atoms with Gasteiger partial charge in [-0.3, -0.25) is 0 Å². The van der Waals surface area contributed by atoms with Gasteiger partial charge in [-0.1, -0.05) is 18.2 Å². The first-order chi connectivity index (χ1) is 9.33. The van der Waals surface area contributed by atoms with Crippen LogP contribution in [0.25, 0.3) is 0 Å². The molecule has 3 rings (SSSR count). The quantitative estimate of drug-likeness (QED) is 0.900. The number of nitrogens with zero attached hydrogens (tertiary/aromatic N) is 1. The summed E-state index contributed by atoms with van der Waals surface area (Å²) in [7, 11) is 0. The molecule has 1 aliphatic carbocycles. The highest BCUT2D eigenvalue weighted by atomic mass is 16.5. The Morgan fingerprint density at radius 3 is 3.00 bits per heavy atom. The summed E-state index contributed by atoms with van der Waals surface area (Å²) in [4.78, 5) is 2.49. The summed E-state index contributed by atoms with van der Waals surface area (Å²) in [6.07, 6.45) is 4.13. The minimum Gasteiger partial charge on any atom is -0.377 e. The topological polar surface area (TPSA) is 24.5 Å². The number of ether oxygens (including phenoxy) is 1. The van der Waals surface area contributed by atoms with E-state index >= 15 is 0 Å². The Hall–Kier alpha value is -1.06. The predicted octanol–water partition coefficient (Wildman–Crippen LogP) is 2.55. The van der Waals surface area contributed by atoms with Gasteiger partial charge >= 0.3 is 0 Å². The maximum atomic E-state index is 5.75. The molecule has 19 heavy (non-hydrogen) atoms. The summed E-state index contributed by atoms with van der Waals surface area (Å²) >= 11 is 0. The monoisotopic (exact) mass is 260 g/mol. The lowest BCUT2D eigenvalue weighted by Crippen LogP contribution is -2.31. The van der Waals surface area contributed by atoms with Crippen LogP contribution < -0.4 is 10.2 Å². The lowest BCUT2D eigenvalue weighted by molar-refractivity contribution is 0.0821. The van der Waals surface area contributed by atoms with Gasteiger partial charge in [-0.05, 0) is 37.8 Å². The van der Waals surface area contributed by atoms with E-state index in [1.54, 1.807) is 0 Å². The Morgan fingerprint density at radius 2 is 2.16 bits per heavy atom. The van der Waals surface area contributed by atoms with Gasteiger partial charge < -0.3 is 15.0 Å². The number of nitrogens with one attached hydrogen (secondary N) is 1. The largest absolute Gasteiger partial charge is 0.377 e. The standard InChI is InChI=1S/C16H24N2O/c1-13-12-18(9-4-10-19-13)16-6-3-2-5-14(16)11-17-15-7-8-15/h2-3,5-6,13,15,17H,4,7-12H2,1H3. The van der Waals surface area contributed by atoms with Crippen molar-refractivity contribution in [3.8, 4) is 0 Å². The first kappa shape index (κ1) is 12.9. The second kappa shape index (κ2) is 5.93. The van der Waals surface area contributed by atoms with E-state index in [9.17, 15) is 0 Å². The van der Waals surface area contributed by atoms with Crippen molar-refractivity contribution in [1.29, 1.82) is 0 Å². The van der Waals surface area contributed by atoms with Crippen molar-refractivity contribution in [2.75, 3.05) is 24.6 Å². The smallest absolute Gasteiger partial charge is 0.0721 e. The third kappa shape index (κ3) is 3.48. The van der Waals surface area contributed by atoms with E-state index < -0.39 is 0 Å². The first-order valence-electron chi connectivity index (χ1n) is 7.51. The number of rotatable bonds is 4. The predicted molar refractivity (Wildman–Crippen MR) is 78.5 cm³/mol. The van der Waals surface area contributed by atoms with Crippen molar-refractivity contribution in [3.05, 3.63) is 29.8 Å². The van der Waals surface area contributed by atoms with Gasteiger partial charge in [-0.25, -0.2) is 0 Å². The molecule has 0 amide bonds. The highest BCUT2D eigenvalue weighted by molar-refractivity contribution is 5.54. The second-order valence-electron chi connectivity index (χ2n) is 5.76. The van der Waals surface area contributed by atoms with E-state index in [1.165, 1.54) is 24.1 Å². The van der Waals surface area contributed by atoms with Crippen molar-refractivity contribution in [2.24, 2.45) is 0 Å².